The van der Waals surface area contributed by atoms with Gasteiger partial charge < -0.3 is 10.1 Å². The van der Waals surface area contributed by atoms with Crippen LogP contribution >= 0.6 is 0 Å². The molecule has 1 fully saturated rings. The van der Waals surface area contributed by atoms with Crippen LogP contribution in [0.5, 0.6) is 0 Å². The Morgan fingerprint density at radius 2 is 1.75 bits per heavy atom. The summed E-state index contributed by atoms with van der Waals surface area (Å²) in [5, 5.41) is 3.54. The number of rotatable bonds is 4. The molecule has 104 valence electrons. The van der Waals surface area contributed by atoms with Crippen LogP contribution in [-0.4, -0.2) is 19.3 Å². The fraction of sp³-hybridized carbons (Fsp3) is 0.294. The maximum atomic E-state index is 13.0. The summed E-state index contributed by atoms with van der Waals surface area (Å²) in [4.78, 5) is 0. The van der Waals surface area contributed by atoms with Crippen molar-refractivity contribution in [1.82, 2.24) is 5.32 Å². The van der Waals surface area contributed by atoms with Gasteiger partial charge in [0, 0.05) is 18.5 Å². The molecule has 1 heterocycles. The van der Waals surface area contributed by atoms with Crippen LogP contribution in [0.2, 0.25) is 0 Å². The van der Waals surface area contributed by atoms with Gasteiger partial charge in [-0.1, -0.05) is 42.5 Å². The van der Waals surface area contributed by atoms with Gasteiger partial charge in [-0.25, -0.2) is 4.39 Å². The SMILES string of the molecule is Fc1ccc([C@@H]2COC[C@H]2NCc2ccccc2)cc1. The van der Waals surface area contributed by atoms with Crippen molar-refractivity contribution >= 4 is 0 Å². The predicted molar refractivity (Wildman–Crippen MR) is 77.0 cm³/mol. The summed E-state index contributed by atoms with van der Waals surface area (Å²) in [5.41, 5.74) is 2.40. The summed E-state index contributed by atoms with van der Waals surface area (Å²) in [6.07, 6.45) is 0. The minimum Gasteiger partial charge on any atom is -0.379 e. The molecule has 2 nitrogen and oxygen atoms in total. The fourth-order valence-corrected chi connectivity index (χ4v) is 2.64. The van der Waals surface area contributed by atoms with E-state index in [-0.39, 0.29) is 11.9 Å². The first-order valence-corrected chi connectivity index (χ1v) is 6.93. The molecule has 1 aliphatic rings. The zero-order valence-corrected chi connectivity index (χ0v) is 11.3. The van der Waals surface area contributed by atoms with Gasteiger partial charge >= 0.3 is 0 Å². The van der Waals surface area contributed by atoms with Crippen molar-refractivity contribution in [1.29, 1.82) is 0 Å². The molecule has 0 spiro atoms. The van der Waals surface area contributed by atoms with E-state index in [0.29, 0.717) is 19.1 Å². The zero-order chi connectivity index (χ0) is 13.8. The maximum absolute atomic E-state index is 13.0. The average Bonchev–Trinajstić information content (AvgIpc) is 2.95. The second kappa shape index (κ2) is 6.16. The fourth-order valence-electron chi connectivity index (χ4n) is 2.64. The van der Waals surface area contributed by atoms with Crippen LogP contribution in [-0.2, 0) is 11.3 Å². The van der Waals surface area contributed by atoms with Crippen molar-refractivity contribution in [3.8, 4) is 0 Å². The van der Waals surface area contributed by atoms with E-state index >= 15 is 0 Å². The highest BCUT2D eigenvalue weighted by molar-refractivity contribution is 5.23. The largest absolute Gasteiger partial charge is 0.379 e. The Bertz CT molecular complexity index is 541. The quantitative estimate of drug-likeness (QED) is 0.922. The summed E-state index contributed by atoms with van der Waals surface area (Å²) < 4.78 is 18.6. The Morgan fingerprint density at radius 3 is 2.50 bits per heavy atom. The van der Waals surface area contributed by atoms with Gasteiger partial charge in [0.2, 0.25) is 0 Å². The number of halogens is 1. The summed E-state index contributed by atoms with van der Waals surface area (Å²) >= 11 is 0. The second-order valence-corrected chi connectivity index (χ2v) is 5.17. The van der Waals surface area contributed by atoms with Gasteiger partial charge in [0.05, 0.1) is 13.2 Å². The Kier molecular flexibility index (Phi) is 4.09. The molecule has 0 radical (unpaired) electrons. The van der Waals surface area contributed by atoms with Crippen molar-refractivity contribution < 1.29 is 9.13 Å². The van der Waals surface area contributed by atoms with Crippen molar-refractivity contribution in [2.45, 2.75) is 18.5 Å². The molecule has 20 heavy (non-hydrogen) atoms. The van der Waals surface area contributed by atoms with Gasteiger partial charge in [-0.2, -0.15) is 0 Å². The lowest BCUT2D eigenvalue weighted by Gasteiger charge is -2.19. The number of hydrogen-bond acceptors (Lipinski definition) is 2. The minimum absolute atomic E-state index is 0.193. The molecule has 0 saturated carbocycles. The lowest BCUT2D eigenvalue weighted by atomic mass is 9.94. The van der Waals surface area contributed by atoms with Crippen LogP contribution in [0.15, 0.2) is 54.6 Å². The van der Waals surface area contributed by atoms with Crippen LogP contribution in [0.1, 0.15) is 17.0 Å². The van der Waals surface area contributed by atoms with Crippen LogP contribution < -0.4 is 5.32 Å². The van der Waals surface area contributed by atoms with E-state index < -0.39 is 0 Å². The maximum Gasteiger partial charge on any atom is 0.123 e. The first-order chi connectivity index (χ1) is 9.83. The molecule has 1 saturated heterocycles. The van der Waals surface area contributed by atoms with Crippen molar-refractivity contribution in [2.75, 3.05) is 13.2 Å². The molecule has 2 aromatic rings. The molecule has 3 rings (SSSR count). The summed E-state index contributed by atoms with van der Waals surface area (Å²) in [6.45, 7) is 2.22. The molecule has 0 aliphatic carbocycles. The summed E-state index contributed by atoms with van der Waals surface area (Å²) in [6, 6.07) is 17.3. The molecular weight excluding hydrogens is 253 g/mol. The molecule has 0 aromatic heterocycles. The first kappa shape index (κ1) is 13.3. The van der Waals surface area contributed by atoms with Crippen LogP contribution in [0.25, 0.3) is 0 Å². The second-order valence-electron chi connectivity index (χ2n) is 5.17. The van der Waals surface area contributed by atoms with Crippen LogP contribution in [0.3, 0.4) is 0 Å². The lowest BCUT2D eigenvalue weighted by molar-refractivity contribution is 0.187. The van der Waals surface area contributed by atoms with Gasteiger partial charge in [-0.05, 0) is 23.3 Å². The molecule has 0 amide bonds. The zero-order valence-electron chi connectivity index (χ0n) is 11.3. The highest BCUT2D eigenvalue weighted by Gasteiger charge is 2.29. The number of nitrogens with one attached hydrogen (secondary N) is 1. The summed E-state index contributed by atoms with van der Waals surface area (Å²) in [5.74, 6) is 0.0979. The third-order valence-corrected chi connectivity index (χ3v) is 3.79. The molecule has 2 atom stereocenters. The van der Waals surface area contributed by atoms with E-state index in [1.54, 1.807) is 0 Å². The molecule has 2 aromatic carbocycles. The van der Waals surface area contributed by atoms with E-state index in [0.717, 1.165) is 12.1 Å². The van der Waals surface area contributed by atoms with Crippen molar-refractivity contribution in [3.63, 3.8) is 0 Å². The van der Waals surface area contributed by atoms with Crippen LogP contribution in [0.4, 0.5) is 4.39 Å². The molecule has 1 N–H and O–H groups in total. The molecule has 0 bridgehead atoms. The van der Waals surface area contributed by atoms with Gasteiger partial charge in [-0.15, -0.1) is 0 Å². The number of ether oxygens (including phenoxy) is 1. The predicted octanol–water partition coefficient (Wildman–Crippen LogP) is 3.10. The topological polar surface area (TPSA) is 21.3 Å². The van der Waals surface area contributed by atoms with E-state index in [1.807, 2.05) is 30.3 Å². The average molecular weight is 271 g/mol. The normalized spacial score (nSPS) is 22.1. The third kappa shape index (κ3) is 3.06. The van der Waals surface area contributed by atoms with Crippen LogP contribution in [0, 0.1) is 5.82 Å². The van der Waals surface area contributed by atoms with E-state index in [1.165, 1.54) is 17.7 Å². The Labute approximate surface area is 118 Å². The Balaban J connectivity index is 1.65. The van der Waals surface area contributed by atoms with Gasteiger partial charge in [-0.3, -0.25) is 0 Å². The number of benzene rings is 2. The van der Waals surface area contributed by atoms with Crippen molar-refractivity contribution in [2.24, 2.45) is 0 Å². The molecule has 3 heteroatoms. The molecule has 1 aliphatic heterocycles. The first-order valence-electron chi connectivity index (χ1n) is 6.93. The van der Waals surface area contributed by atoms with Gasteiger partial charge in [0.15, 0.2) is 0 Å². The number of hydrogen-bond donors (Lipinski definition) is 1. The molecular formula is C17H18FNO. The molecule has 0 unspecified atom stereocenters. The highest BCUT2D eigenvalue weighted by atomic mass is 19.1. The van der Waals surface area contributed by atoms with Gasteiger partial charge in [0.1, 0.15) is 5.82 Å². The minimum atomic E-state index is -0.193. The van der Waals surface area contributed by atoms with Crippen molar-refractivity contribution in [3.05, 3.63) is 71.5 Å². The smallest absolute Gasteiger partial charge is 0.123 e. The third-order valence-electron chi connectivity index (χ3n) is 3.79. The van der Waals surface area contributed by atoms with Gasteiger partial charge in [0.25, 0.3) is 0 Å². The van der Waals surface area contributed by atoms with E-state index in [9.17, 15) is 4.39 Å². The van der Waals surface area contributed by atoms with E-state index in [4.69, 9.17) is 4.74 Å². The standard InChI is InChI=1S/C17H18FNO/c18-15-8-6-14(7-9-15)16-11-20-12-17(16)19-10-13-4-2-1-3-5-13/h1-9,16-17,19H,10-12H2/t16-,17+/m0/s1. The summed E-state index contributed by atoms with van der Waals surface area (Å²) in [7, 11) is 0. The Morgan fingerprint density at radius 1 is 1.00 bits per heavy atom. The monoisotopic (exact) mass is 271 g/mol. The lowest BCUT2D eigenvalue weighted by Crippen LogP contribution is -2.33. The highest BCUT2D eigenvalue weighted by Crippen LogP contribution is 2.26. The Hall–Kier alpha value is -1.71. The van der Waals surface area contributed by atoms with E-state index in [2.05, 4.69) is 17.4 Å².